The number of benzene rings is 1. The van der Waals surface area contributed by atoms with E-state index in [4.69, 9.17) is 4.74 Å². The van der Waals surface area contributed by atoms with Gasteiger partial charge in [0.2, 0.25) is 5.88 Å². The zero-order valence-electron chi connectivity index (χ0n) is 9.18. The highest BCUT2D eigenvalue weighted by atomic mass is 19.1. The summed E-state index contributed by atoms with van der Waals surface area (Å²) in [5, 5.41) is 0. The molecule has 0 radical (unpaired) electrons. The number of aldehydes is 1. The van der Waals surface area contributed by atoms with Crippen molar-refractivity contribution in [3.63, 3.8) is 0 Å². The average Bonchev–Trinajstić information content (AvgIpc) is 2.38. The minimum atomic E-state index is -0.442. The molecule has 0 aliphatic heterocycles. The van der Waals surface area contributed by atoms with Crippen LogP contribution in [0.25, 0.3) is 11.1 Å². The molecule has 3 nitrogen and oxygen atoms in total. The number of rotatable bonds is 3. The van der Waals surface area contributed by atoms with Gasteiger partial charge in [-0.15, -0.1) is 0 Å². The molecule has 0 aliphatic carbocycles. The molecule has 2 rings (SSSR count). The van der Waals surface area contributed by atoms with Crippen LogP contribution in [0, 0.1) is 5.82 Å². The van der Waals surface area contributed by atoms with Gasteiger partial charge in [0, 0.05) is 23.4 Å². The number of pyridine rings is 1. The molecule has 86 valence electrons. The average molecular weight is 231 g/mol. The molecule has 0 spiro atoms. The van der Waals surface area contributed by atoms with Crippen molar-refractivity contribution in [3.8, 4) is 17.0 Å². The summed E-state index contributed by atoms with van der Waals surface area (Å²) in [5.74, 6) is -0.0644. The Morgan fingerprint density at radius 1 is 1.35 bits per heavy atom. The van der Waals surface area contributed by atoms with Crippen molar-refractivity contribution in [3.05, 3.63) is 47.9 Å². The second-order valence-electron chi connectivity index (χ2n) is 3.41. The number of ether oxygens (including phenoxy) is 1. The Kier molecular flexibility index (Phi) is 3.14. The normalized spacial score (nSPS) is 10.0. The molecule has 0 unspecified atom stereocenters. The van der Waals surface area contributed by atoms with Crippen LogP contribution >= 0.6 is 0 Å². The maximum Gasteiger partial charge on any atom is 0.213 e. The Hall–Kier alpha value is -2.23. The van der Waals surface area contributed by atoms with E-state index in [1.54, 1.807) is 18.2 Å². The first kappa shape index (κ1) is 11.3. The summed E-state index contributed by atoms with van der Waals surface area (Å²) in [5.41, 5.74) is 1.14. The number of carbonyl (C=O) groups excluding carboxylic acids is 1. The number of aromatic nitrogens is 1. The van der Waals surface area contributed by atoms with Crippen LogP contribution in [0.1, 0.15) is 10.4 Å². The maximum atomic E-state index is 13.7. The van der Waals surface area contributed by atoms with Crippen LogP contribution in [0.5, 0.6) is 5.88 Å². The van der Waals surface area contributed by atoms with E-state index in [2.05, 4.69) is 4.98 Å². The number of nitrogens with zero attached hydrogens (tertiary/aromatic N) is 1. The van der Waals surface area contributed by atoms with Gasteiger partial charge in [-0.1, -0.05) is 12.1 Å². The molecule has 1 aromatic heterocycles. The summed E-state index contributed by atoms with van der Waals surface area (Å²) in [7, 11) is 1.48. The van der Waals surface area contributed by atoms with Crippen molar-refractivity contribution in [2.24, 2.45) is 0 Å². The van der Waals surface area contributed by atoms with Crippen LogP contribution in [-0.2, 0) is 0 Å². The van der Waals surface area contributed by atoms with Crippen LogP contribution in [0.3, 0.4) is 0 Å². The number of methoxy groups -OCH3 is 1. The second kappa shape index (κ2) is 4.74. The van der Waals surface area contributed by atoms with Crippen LogP contribution in [0.2, 0.25) is 0 Å². The fourth-order valence-electron chi connectivity index (χ4n) is 1.62. The van der Waals surface area contributed by atoms with Gasteiger partial charge < -0.3 is 4.74 Å². The molecule has 0 atom stereocenters. The lowest BCUT2D eigenvalue weighted by Gasteiger charge is -2.07. The minimum absolute atomic E-state index is 0.267. The van der Waals surface area contributed by atoms with Crippen LogP contribution in [0.4, 0.5) is 4.39 Å². The summed E-state index contributed by atoms with van der Waals surface area (Å²) in [6, 6.07) is 7.61. The number of halogens is 1. The van der Waals surface area contributed by atoms with Crippen molar-refractivity contribution in [1.82, 2.24) is 4.98 Å². The zero-order valence-corrected chi connectivity index (χ0v) is 9.18. The van der Waals surface area contributed by atoms with Gasteiger partial charge in [0.05, 0.1) is 7.11 Å². The first-order chi connectivity index (χ1) is 8.26. The van der Waals surface area contributed by atoms with Gasteiger partial charge in [-0.25, -0.2) is 9.37 Å². The smallest absolute Gasteiger partial charge is 0.213 e. The number of carbonyl (C=O) groups is 1. The molecule has 0 saturated carbocycles. The van der Waals surface area contributed by atoms with E-state index in [1.165, 1.54) is 25.4 Å². The van der Waals surface area contributed by atoms with Crippen LogP contribution in [0.15, 0.2) is 36.5 Å². The topological polar surface area (TPSA) is 39.2 Å². The first-order valence-electron chi connectivity index (χ1n) is 5.00. The van der Waals surface area contributed by atoms with Gasteiger partial charge in [-0.3, -0.25) is 4.79 Å². The van der Waals surface area contributed by atoms with Crippen LogP contribution in [-0.4, -0.2) is 18.4 Å². The highest BCUT2D eigenvalue weighted by Crippen LogP contribution is 2.27. The highest BCUT2D eigenvalue weighted by molar-refractivity contribution is 5.87. The summed E-state index contributed by atoms with van der Waals surface area (Å²) in [6.45, 7) is 0. The van der Waals surface area contributed by atoms with Crippen molar-refractivity contribution in [1.29, 1.82) is 0 Å². The van der Waals surface area contributed by atoms with Gasteiger partial charge in [-0.2, -0.15) is 0 Å². The van der Waals surface area contributed by atoms with Crippen molar-refractivity contribution >= 4 is 6.29 Å². The van der Waals surface area contributed by atoms with E-state index in [0.29, 0.717) is 23.3 Å². The molecule has 4 heteroatoms. The van der Waals surface area contributed by atoms with E-state index in [1.807, 2.05) is 0 Å². The second-order valence-corrected chi connectivity index (χ2v) is 3.41. The maximum absolute atomic E-state index is 13.7. The third-order valence-electron chi connectivity index (χ3n) is 2.41. The molecule has 0 fully saturated rings. The summed E-state index contributed by atoms with van der Waals surface area (Å²) >= 11 is 0. The fraction of sp³-hybridized carbons (Fsp3) is 0.0769. The Balaban J connectivity index is 2.62. The van der Waals surface area contributed by atoms with Gasteiger partial charge in [0.25, 0.3) is 0 Å². The Morgan fingerprint density at radius 2 is 2.18 bits per heavy atom. The monoisotopic (exact) mass is 231 g/mol. The third kappa shape index (κ3) is 2.15. The van der Waals surface area contributed by atoms with Gasteiger partial charge in [0.15, 0.2) is 6.29 Å². The number of hydrogen-bond acceptors (Lipinski definition) is 3. The van der Waals surface area contributed by atoms with E-state index >= 15 is 0 Å². The fourth-order valence-corrected chi connectivity index (χ4v) is 1.62. The predicted molar refractivity (Wildman–Crippen MR) is 61.6 cm³/mol. The lowest BCUT2D eigenvalue weighted by molar-refractivity contribution is 0.112. The molecule has 0 aliphatic rings. The van der Waals surface area contributed by atoms with Crippen molar-refractivity contribution < 1.29 is 13.9 Å². The third-order valence-corrected chi connectivity index (χ3v) is 2.41. The molecule has 1 aromatic carbocycles. The van der Waals surface area contributed by atoms with E-state index in [-0.39, 0.29) is 5.56 Å². The largest absolute Gasteiger partial charge is 0.481 e. The van der Waals surface area contributed by atoms with Gasteiger partial charge in [-0.05, 0) is 17.7 Å². The molecule has 0 amide bonds. The van der Waals surface area contributed by atoms with Crippen molar-refractivity contribution in [2.45, 2.75) is 0 Å². The standard InChI is InChI=1S/C13H10FNO2/c1-17-12-7-9(5-6-15-12)13-10(8-16)3-2-4-11(13)14/h2-8H,1H3. The van der Waals surface area contributed by atoms with E-state index in [0.717, 1.165) is 0 Å². The Bertz CT molecular complexity index is 555. The Labute approximate surface area is 97.9 Å². The highest BCUT2D eigenvalue weighted by Gasteiger charge is 2.11. The predicted octanol–water partition coefficient (Wildman–Crippen LogP) is 2.71. The number of hydrogen-bond donors (Lipinski definition) is 0. The Morgan fingerprint density at radius 3 is 2.88 bits per heavy atom. The first-order valence-corrected chi connectivity index (χ1v) is 5.00. The molecule has 1 heterocycles. The lowest BCUT2D eigenvalue weighted by Crippen LogP contribution is -1.93. The lowest BCUT2D eigenvalue weighted by atomic mass is 10.0. The van der Waals surface area contributed by atoms with Gasteiger partial charge in [0.1, 0.15) is 5.82 Å². The summed E-state index contributed by atoms with van der Waals surface area (Å²) in [6.07, 6.45) is 2.14. The molecular weight excluding hydrogens is 221 g/mol. The SMILES string of the molecule is COc1cc(-c2c(F)cccc2C=O)ccn1. The van der Waals surface area contributed by atoms with E-state index < -0.39 is 5.82 Å². The molecule has 0 saturated heterocycles. The van der Waals surface area contributed by atoms with E-state index in [9.17, 15) is 9.18 Å². The van der Waals surface area contributed by atoms with Gasteiger partial charge >= 0.3 is 0 Å². The van der Waals surface area contributed by atoms with Crippen molar-refractivity contribution in [2.75, 3.05) is 7.11 Å². The molecule has 17 heavy (non-hydrogen) atoms. The zero-order chi connectivity index (χ0) is 12.3. The molecule has 0 N–H and O–H groups in total. The summed E-state index contributed by atoms with van der Waals surface area (Å²) < 4.78 is 18.7. The van der Waals surface area contributed by atoms with Crippen LogP contribution < -0.4 is 4.74 Å². The minimum Gasteiger partial charge on any atom is -0.481 e. The summed E-state index contributed by atoms with van der Waals surface area (Å²) in [4.78, 5) is 14.8. The molecule has 2 aromatic rings. The quantitative estimate of drug-likeness (QED) is 0.762. The molecular formula is C13H10FNO2. The molecule has 0 bridgehead atoms.